The van der Waals surface area contributed by atoms with Gasteiger partial charge in [-0.15, -0.1) is 0 Å². The second kappa shape index (κ2) is 6.77. The number of ether oxygens (including phenoxy) is 1. The van der Waals surface area contributed by atoms with Crippen molar-refractivity contribution in [3.8, 4) is 11.1 Å². The molecule has 1 fully saturated rings. The minimum Gasteiger partial charge on any atom is -0.463 e. The summed E-state index contributed by atoms with van der Waals surface area (Å²) in [5.41, 5.74) is 2.91. The average molecular weight is 349 g/mol. The number of hydrogen-bond donors (Lipinski definition) is 0. The molecular weight excluding hydrogens is 330 g/mol. The van der Waals surface area contributed by atoms with E-state index in [1.54, 1.807) is 23.1 Å². The van der Waals surface area contributed by atoms with Gasteiger partial charge in [-0.2, -0.15) is 0 Å². The monoisotopic (exact) mass is 349 g/mol. The van der Waals surface area contributed by atoms with Gasteiger partial charge in [0.05, 0.1) is 24.2 Å². The molecular formula is C21H19NO4. The van der Waals surface area contributed by atoms with Gasteiger partial charge in [-0.05, 0) is 25.1 Å². The Morgan fingerprint density at radius 1 is 1.04 bits per heavy atom. The largest absolute Gasteiger partial charge is 0.463 e. The topological polar surface area (TPSA) is 59.8 Å². The van der Waals surface area contributed by atoms with E-state index >= 15 is 0 Å². The highest BCUT2D eigenvalue weighted by molar-refractivity contribution is 6.01. The lowest BCUT2D eigenvalue weighted by Gasteiger charge is -2.27. The van der Waals surface area contributed by atoms with Crippen molar-refractivity contribution in [2.75, 3.05) is 26.3 Å². The molecule has 132 valence electrons. The van der Waals surface area contributed by atoms with Crippen LogP contribution in [-0.2, 0) is 4.74 Å². The number of fused-ring (bicyclic) bond motifs is 1. The number of nitrogens with zero attached hydrogens (tertiary/aromatic N) is 1. The second-order valence-electron chi connectivity index (χ2n) is 6.43. The van der Waals surface area contributed by atoms with E-state index in [-0.39, 0.29) is 11.3 Å². The van der Waals surface area contributed by atoms with Crippen LogP contribution in [-0.4, -0.2) is 37.1 Å². The predicted octanol–water partition coefficient (Wildman–Crippen LogP) is 3.24. The summed E-state index contributed by atoms with van der Waals surface area (Å²) >= 11 is 0. The summed E-state index contributed by atoms with van der Waals surface area (Å²) in [5, 5.41) is 0.524. The number of rotatable bonds is 2. The van der Waals surface area contributed by atoms with Gasteiger partial charge in [0.1, 0.15) is 11.8 Å². The van der Waals surface area contributed by atoms with Crippen LogP contribution < -0.4 is 5.43 Å². The predicted molar refractivity (Wildman–Crippen MR) is 99.4 cm³/mol. The maximum absolute atomic E-state index is 13.0. The fourth-order valence-corrected chi connectivity index (χ4v) is 3.27. The number of amides is 1. The summed E-state index contributed by atoms with van der Waals surface area (Å²) in [6.07, 6.45) is 1.45. The van der Waals surface area contributed by atoms with E-state index in [9.17, 15) is 9.59 Å². The van der Waals surface area contributed by atoms with Crippen molar-refractivity contribution >= 4 is 16.9 Å². The first kappa shape index (κ1) is 16.5. The zero-order chi connectivity index (χ0) is 18.1. The summed E-state index contributed by atoms with van der Waals surface area (Å²) in [6.45, 7) is 4.11. The third-order valence-corrected chi connectivity index (χ3v) is 4.67. The molecule has 0 bridgehead atoms. The Hall–Kier alpha value is -2.92. The Bertz CT molecular complexity index is 1030. The fourth-order valence-electron chi connectivity index (χ4n) is 3.27. The molecule has 0 unspecified atom stereocenters. The Labute approximate surface area is 150 Å². The first-order chi connectivity index (χ1) is 12.6. The lowest BCUT2D eigenvalue weighted by Crippen LogP contribution is -2.40. The molecule has 0 N–H and O–H groups in total. The van der Waals surface area contributed by atoms with Gasteiger partial charge in [-0.25, -0.2) is 0 Å². The van der Waals surface area contributed by atoms with E-state index in [0.29, 0.717) is 54.0 Å². The first-order valence-electron chi connectivity index (χ1n) is 8.64. The minimum absolute atomic E-state index is 0.0901. The van der Waals surface area contributed by atoms with E-state index in [2.05, 4.69) is 0 Å². The zero-order valence-electron chi connectivity index (χ0n) is 14.5. The number of carbonyl (C=O) groups is 1. The van der Waals surface area contributed by atoms with Gasteiger partial charge in [0.25, 0.3) is 5.91 Å². The van der Waals surface area contributed by atoms with Crippen LogP contribution in [0.15, 0.2) is 57.9 Å². The standard InChI is InChI=1S/C21H19NO4/c1-14-6-7-19-17(12-14)20(23)18(13-26-19)15-4-2-3-5-16(15)21(24)22-8-10-25-11-9-22/h2-7,12-13H,8-11H2,1H3. The van der Waals surface area contributed by atoms with Crippen LogP contribution in [0.4, 0.5) is 0 Å². The summed E-state index contributed by atoms with van der Waals surface area (Å²) in [6, 6.07) is 12.7. The third-order valence-electron chi connectivity index (χ3n) is 4.67. The molecule has 1 aliphatic heterocycles. The highest BCUT2D eigenvalue weighted by atomic mass is 16.5. The van der Waals surface area contributed by atoms with Gasteiger partial charge < -0.3 is 14.1 Å². The van der Waals surface area contributed by atoms with Gasteiger partial charge >= 0.3 is 0 Å². The summed E-state index contributed by atoms with van der Waals surface area (Å²) < 4.78 is 11.0. The van der Waals surface area contributed by atoms with Crippen molar-refractivity contribution in [3.05, 3.63) is 70.1 Å². The Morgan fingerprint density at radius 2 is 1.81 bits per heavy atom. The molecule has 1 aliphatic rings. The third kappa shape index (κ3) is 2.91. The number of carbonyl (C=O) groups excluding carboxylic acids is 1. The van der Waals surface area contributed by atoms with Crippen molar-refractivity contribution < 1.29 is 13.9 Å². The molecule has 4 rings (SSSR count). The van der Waals surface area contributed by atoms with E-state index < -0.39 is 0 Å². The van der Waals surface area contributed by atoms with Crippen molar-refractivity contribution in [1.82, 2.24) is 4.90 Å². The number of morpholine rings is 1. The molecule has 0 atom stereocenters. The van der Waals surface area contributed by atoms with Crippen molar-refractivity contribution in [1.29, 1.82) is 0 Å². The summed E-state index contributed by atoms with van der Waals surface area (Å²) in [7, 11) is 0. The zero-order valence-corrected chi connectivity index (χ0v) is 14.5. The van der Waals surface area contributed by atoms with Crippen LogP contribution in [0.25, 0.3) is 22.1 Å². The van der Waals surface area contributed by atoms with Gasteiger partial charge in [0, 0.05) is 24.2 Å². The molecule has 5 heteroatoms. The smallest absolute Gasteiger partial charge is 0.254 e. The van der Waals surface area contributed by atoms with Gasteiger partial charge in [-0.1, -0.05) is 29.8 Å². The highest BCUT2D eigenvalue weighted by Crippen LogP contribution is 2.25. The Kier molecular flexibility index (Phi) is 4.31. The Morgan fingerprint density at radius 3 is 2.62 bits per heavy atom. The molecule has 0 aliphatic carbocycles. The van der Waals surface area contributed by atoms with Crippen molar-refractivity contribution in [2.24, 2.45) is 0 Å². The first-order valence-corrected chi connectivity index (χ1v) is 8.64. The van der Waals surface area contributed by atoms with Gasteiger partial charge in [0.15, 0.2) is 0 Å². The van der Waals surface area contributed by atoms with Crippen LogP contribution >= 0.6 is 0 Å². The molecule has 26 heavy (non-hydrogen) atoms. The second-order valence-corrected chi connectivity index (χ2v) is 6.43. The molecule has 0 spiro atoms. The SMILES string of the molecule is Cc1ccc2occ(-c3ccccc3C(=O)N3CCOCC3)c(=O)c2c1. The number of hydrogen-bond acceptors (Lipinski definition) is 4. The molecule has 1 aromatic heterocycles. The maximum Gasteiger partial charge on any atom is 0.254 e. The molecule has 1 saturated heterocycles. The van der Waals surface area contributed by atoms with Crippen molar-refractivity contribution in [3.63, 3.8) is 0 Å². The van der Waals surface area contributed by atoms with Crippen LogP contribution in [0.2, 0.25) is 0 Å². The van der Waals surface area contributed by atoms with E-state index in [0.717, 1.165) is 5.56 Å². The van der Waals surface area contributed by atoms with Gasteiger partial charge in [-0.3, -0.25) is 9.59 Å². The van der Waals surface area contributed by atoms with Crippen LogP contribution in [0.3, 0.4) is 0 Å². The van der Waals surface area contributed by atoms with Crippen LogP contribution in [0.5, 0.6) is 0 Å². The quantitative estimate of drug-likeness (QED) is 0.713. The summed E-state index contributed by atoms with van der Waals surface area (Å²) in [4.78, 5) is 27.7. The lowest BCUT2D eigenvalue weighted by atomic mass is 9.98. The van der Waals surface area contributed by atoms with Crippen molar-refractivity contribution in [2.45, 2.75) is 6.92 Å². The maximum atomic E-state index is 13.0. The number of benzene rings is 2. The van der Waals surface area contributed by atoms with E-state index in [4.69, 9.17) is 9.15 Å². The molecule has 0 saturated carbocycles. The average Bonchev–Trinajstić information content (AvgIpc) is 2.69. The van der Waals surface area contributed by atoms with Crippen LogP contribution in [0, 0.1) is 6.92 Å². The summed E-state index contributed by atoms with van der Waals surface area (Å²) in [5.74, 6) is -0.0901. The lowest BCUT2D eigenvalue weighted by molar-refractivity contribution is 0.0303. The Balaban J connectivity index is 1.84. The highest BCUT2D eigenvalue weighted by Gasteiger charge is 2.22. The molecule has 3 aromatic rings. The normalized spacial score (nSPS) is 14.6. The molecule has 1 amide bonds. The number of aryl methyl sites for hydroxylation is 1. The molecule has 2 heterocycles. The molecule has 2 aromatic carbocycles. The molecule has 5 nitrogen and oxygen atoms in total. The molecule has 0 radical (unpaired) electrons. The fraction of sp³-hybridized carbons (Fsp3) is 0.238. The van der Waals surface area contributed by atoms with Crippen LogP contribution in [0.1, 0.15) is 15.9 Å². The minimum atomic E-state index is -0.128. The van der Waals surface area contributed by atoms with E-state index in [1.807, 2.05) is 31.2 Å². The van der Waals surface area contributed by atoms with E-state index in [1.165, 1.54) is 6.26 Å². The van der Waals surface area contributed by atoms with Gasteiger partial charge in [0.2, 0.25) is 5.43 Å².